The summed E-state index contributed by atoms with van der Waals surface area (Å²) in [5, 5.41) is 0.641. The standard InChI is InChI=1S/C16H17NO3/c18-15-13-10-6-7-11-14(13)16(19)17(15)20-12-8-4-2-1-3-5-9-12/h4,6-8,10-12H,1-3,5,9H2/b8-4-/i8D,12D. The first-order valence-corrected chi connectivity index (χ1v) is 6.87. The summed E-state index contributed by atoms with van der Waals surface area (Å²) in [6, 6.07) is 6.48. The van der Waals surface area contributed by atoms with E-state index in [0.29, 0.717) is 11.5 Å². The van der Waals surface area contributed by atoms with Crippen molar-refractivity contribution < 1.29 is 17.2 Å². The molecular formula is C16H17NO3. The van der Waals surface area contributed by atoms with Gasteiger partial charge in [0.2, 0.25) is 0 Å². The van der Waals surface area contributed by atoms with Crippen LogP contribution in [0.2, 0.25) is 0 Å². The molecule has 0 fully saturated rings. The number of hydrogen-bond donors (Lipinski definition) is 0. The van der Waals surface area contributed by atoms with Gasteiger partial charge in [0.1, 0.15) is 6.08 Å². The van der Waals surface area contributed by atoms with Crippen molar-refractivity contribution in [1.29, 1.82) is 0 Å². The molecule has 1 aliphatic heterocycles. The Hall–Kier alpha value is -1.94. The van der Waals surface area contributed by atoms with Crippen molar-refractivity contribution in [3.63, 3.8) is 0 Å². The van der Waals surface area contributed by atoms with Crippen molar-refractivity contribution in [3.05, 3.63) is 47.5 Å². The van der Waals surface area contributed by atoms with Crippen molar-refractivity contribution in [2.45, 2.75) is 38.2 Å². The highest BCUT2D eigenvalue weighted by atomic mass is 16.7. The number of rotatable bonds is 2. The summed E-state index contributed by atoms with van der Waals surface area (Å²) in [5.74, 6) is -1.14. The van der Waals surface area contributed by atoms with Crippen LogP contribution in [0.15, 0.2) is 36.4 Å². The minimum atomic E-state index is -1.69. The smallest absolute Gasteiger partial charge is 0.266 e. The number of carbonyl (C=O) groups excluding carboxylic acids is 2. The summed E-state index contributed by atoms with van der Waals surface area (Å²) in [6.07, 6.45) is 3.60. The topological polar surface area (TPSA) is 46.6 Å². The van der Waals surface area contributed by atoms with E-state index in [9.17, 15) is 9.59 Å². The van der Waals surface area contributed by atoms with Crippen LogP contribution in [0, 0.1) is 0 Å². The number of imide groups is 1. The molecule has 2 aliphatic rings. The van der Waals surface area contributed by atoms with Crippen LogP contribution in [0.3, 0.4) is 0 Å². The van der Waals surface area contributed by atoms with E-state index in [1.807, 2.05) is 0 Å². The average molecular weight is 273 g/mol. The Morgan fingerprint density at radius 1 is 1.15 bits per heavy atom. The third-order valence-electron chi connectivity index (χ3n) is 3.47. The molecular weight excluding hydrogens is 254 g/mol. The molecule has 0 saturated carbocycles. The number of nitrogens with zero attached hydrogens (tertiary/aromatic N) is 1. The average Bonchev–Trinajstić information content (AvgIpc) is 2.74. The summed E-state index contributed by atoms with van der Waals surface area (Å²) >= 11 is 0. The predicted octanol–water partition coefficient (Wildman–Crippen LogP) is 3.10. The van der Waals surface area contributed by atoms with Gasteiger partial charge in [-0.25, -0.2) is 0 Å². The zero-order valence-electron chi connectivity index (χ0n) is 13.1. The van der Waals surface area contributed by atoms with Gasteiger partial charge in [-0.1, -0.05) is 37.1 Å². The number of amides is 2. The third kappa shape index (κ3) is 2.39. The molecule has 1 atom stereocenters. The van der Waals surface area contributed by atoms with E-state index in [2.05, 4.69) is 0 Å². The van der Waals surface area contributed by atoms with E-state index < -0.39 is 17.9 Å². The molecule has 2 amide bonds. The monoisotopic (exact) mass is 273 g/mol. The van der Waals surface area contributed by atoms with Crippen molar-refractivity contribution in [1.82, 2.24) is 5.06 Å². The van der Waals surface area contributed by atoms with Gasteiger partial charge in [0.25, 0.3) is 11.8 Å². The highest BCUT2D eigenvalue weighted by molar-refractivity contribution is 6.20. The lowest BCUT2D eigenvalue weighted by Gasteiger charge is -2.21. The van der Waals surface area contributed by atoms with Crippen molar-refractivity contribution >= 4 is 11.8 Å². The molecule has 0 aromatic heterocycles. The number of carbonyl (C=O) groups is 2. The third-order valence-corrected chi connectivity index (χ3v) is 3.47. The van der Waals surface area contributed by atoms with E-state index in [0.717, 1.165) is 19.3 Å². The van der Waals surface area contributed by atoms with E-state index in [1.165, 1.54) is 0 Å². The highest BCUT2D eigenvalue weighted by Crippen LogP contribution is 2.25. The lowest BCUT2D eigenvalue weighted by atomic mass is 10.0. The quantitative estimate of drug-likeness (QED) is 0.614. The van der Waals surface area contributed by atoms with Gasteiger partial charge in [0, 0.05) is 0 Å². The first-order valence-electron chi connectivity index (χ1n) is 7.87. The Kier molecular flexibility index (Phi) is 3.02. The minimum Gasteiger partial charge on any atom is -0.266 e. The number of hydrogen-bond acceptors (Lipinski definition) is 3. The van der Waals surface area contributed by atoms with Gasteiger partial charge in [-0.3, -0.25) is 14.4 Å². The van der Waals surface area contributed by atoms with Crippen molar-refractivity contribution in [2.24, 2.45) is 0 Å². The number of benzene rings is 1. The molecule has 1 aromatic rings. The Labute approximate surface area is 120 Å². The predicted molar refractivity (Wildman–Crippen MR) is 74.0 cm³/mol. The second-order valence-corrected chi connectivity index (χ2v) is 4.91. The van der Waals surface area contributed by atoms with Gasteiger partial charge in [0.05, 0.1) is 13.9 Å². The summed E-state index contributed by atoms with van der Waals surface area (Å²) < 4.78 is 16.4. The van der Waals surface area contributed by atoms with Crippen LogP contribution in [0.1, 0.15) is 55.6 Å². The lowest BCUT2D eigenvalue weighted by molar-refractivity contribution is -0.119. The van der Waals surface area contributed by atoms with E-state index in [4.69, 9.17) is 7.58 Å². The first-order chi connectivity index (χ1) is 10.5. The second kappa shape index (κ2) is 5.59. The van der Waals surface area contributed by atoms with Gasteiger partial charge in [-0.15, -0.1) is 5.06 Å². The summed E-state index contributed by atoms with van der Waals surface area (Å²) in [6.45, 7) is 0. The molecule has 104 valence electrons. The maximum absolute atomic E-state index is 12.3. The molecule has 20 heavy (non-hydrogen) atoms. The van der Waals surface area contributed by atoms with Crippen LogP contribution < -0.4 is 0 Å². The molecule has 0 spiro atoms. The molecule has 4 nitrogen and oxygen atoms in total. The molecule has 1 aliphatic carbocycles. The molecule has 0 saturated heterocycles. The fourth-order valence-corrected chi connectivity index (χ4v) is 2.40. The number of hydroxylamine groups is 2. The van der Waals surface area contributed by atoms with Gasteiger partial charge in [0.15, 0.2) is 0 Å². The molecule has 0 N–H and O–H groups in total. The maximum atomic E-state index is 12.3. The highest BCUT2D eigenvalue weighted by Gasteiger charge is 2.37. The van der Waals surface area contributed by atoms with Crippen LogP contribution in [0.4, 0.5) is 0 Å². The van der Waals surface area contributed by atoms with E-state index in [-0.39, 0.29) is 23.6 Å². The van der Waals surface area contributed by atoms with Gasteiger partial charge >= 0.3 is 0 Å². The zero-order valence-corrected chi connectivity index (χ0v) is 11.1. The summed E-state index contributed by atoms with van der Waals surface area (Å²) in [4.78, 5) is 30.0. The minimum absolute atomic E-state index is 0.00348. The molecule has 1 heterocycles. The SMILES string of the molecule is [2H]/C1=C/CCCCCC1([2H])ON1C(=O)c2ccccc2C1=O. The Bertz CT molecular complexity index is 624. The zero-order chi connectivity index (χ0) is 15.7. The fraction of sp³-hybridized carbons (Fsp3) is 0.375. The van der Waals surface area contributed by atoms with Gasteiger partial charge < -0.3 is 0 Å². The van der Waals surface area contributed by atoms with Crippen LogP contribution >= 0.6 is 0 Å². The normalized spacial score (nSPS) is 30.8. The maximum Gasteiger partial charge on any atom is 0.285 e. The first kappa shape index (κ1) is 10.8. The molecule has 3 rings (SSSR count). The van der Waals surface area contributed by atoms with Crippen LogP contribution in [-0.4, -0.2) is 23.0 Å². The van der Waals surface area contributed by atoms with Crippen molar-refractivity contribution in [2.75, 3.05) is 0 Å². The van der Waals surface area contributed by atoms with Gasteiger partial charge in [-0.05, 0) is 31.4 Å². The van der Waals surface area contributed by atoms with E-state index in [1.54, 1.807) is 30.3 Å². The van der Waals surface area contributed by atoms with Crippen LogP contribution in [0.25, 0.3) is 0 Å². The molecule has 4 heteroatoms. The number of fused-ring (bicyclic) bond motifs is 1. The Morgan fingerprint density at radius 2 is 1.85 bits per heavy atom. The van der Waals surface area contributed by atoms with Crippen LogP contribution in [-0.2, 0) is 4.84 Å². The van der Waals surface area contributed by atoms with E-state index >= 15 is 0 Å². The number of allylic oxidation sites excluding steroid dienone is 1. The largest absolute Gasteiger partial charge is 0.285 e. The van der Waals surface area contributed by atoms with Crippen LogP contribution in [0.5, 0.6) is 0 Å². The van der Waals surface area contributed by atoms with Gasteiger partial charge in [-0.2, -0.15) is 0 Å². The lowest BCUT2D eigenvalue weighted by Crippen LogP contribution is -2.34. The Balaban J connectivity index is 1.88. The molecule has 1 aromatic carbocycles. The second-order valence-electron chi connectivity index (χ2n) is 4.91. The van der Waals surface area contributed by atoms with Crippen molar-refractivity contribution in [3.8, 4) is 0 Å². The molecule has 0 bridgehead atoms. The summed E-state index contributed by atoms with van der Waals surface area (Å²) in [7, 11) is 0. The molecule has 0 radical (unpaired) electrons. The Morgan fingerprint density at radius 3 is 2.55 bits per heavy atom. The summed E-state index contributed by atoms with van der Waals surface area (Å²) in [5.41, 5.74) is 0.551. The fourth-order valence-electron chi connectivity index (χ4n) is 2.40. The molecule has 1 unspecified atom stereocenters.